The molecule has 0 spiro atoms. The largest absolute Gasteiger partial charge is 0.463 e. The minimum absolute atomic E-state index is 0.308. The van der Waals surface area contributed by atoms with Gasteiger partial charge in [-0.25, -0.2) is 4.79 Å². The minimum Gasteiger partial charge on any atom is -0.463 e. The Morgan fingerprint density at radius 3 is 1.49 bits per heavy atom. The predicted octanol–water partition coefficient (Wildman–Crippen LogP) is 0.906. The monoisotopic (exact) mass is 488 g/mol. The van der Waals surface area contributed by atoms with Crippen molar-refractivity contribution in [1.82, 2.24) is 21.3 Å². The number of carbonyl (C=O) groups is 5. The van der Waals surface area contributed by atoms with E-state index < -0.39 is 57.7 Å². The summed E-state index contributed by atoms with van der Waals surface area (Å²) in [6, 6.07) is 8.70. The maximum absolute atomic E-state index is 13.3. The molecule has 0 bridgehead atoms. The summed E-state index contributed by atoms with van der Waals surface area (Å²) in [5.41, 5.74) is -5.10. The second-order valence-corrected chi connectivity index (χ2v) is 10.9. The Kier molecular flexibility index (Phi) is 7.69. The van der Waals surface area contributed by atoms with Crippen molar-refractivity contribution >= 4 is 29.6 Å². The van der Waals surface area contributed by atoms with Gasteiger partial charge in [-0.2, -0.15) is 0 Å². The maximum atomic E-state index is 13.3. The van der Waals surface area contributed by atoms with E-state index in [2.05, 4.69) is 21.3 Å². The molecule has 1 aliphatic rings. The summed E-state index contributed by atoms with van der Waals surface area (Å²) in [6.07, 6.45) is 0. The van der Waals surface area contributed by atoms with Crippen molar-refractivity contribution in [2.45, 2.75) is 83.5 Å². The van der Waals surface area contributed by atoms with E-state index in [1.54, 1.807) is 30.3 Å². The molecule has 192 valence electrons. The van der Waals surface area contributed by atoms with Crippen molar-refractivity contribution in [3.8, 4) is 0 Å². The predicted molar refractivity (Wildman–Crippen MR) is 129 cm³/mol. The van der Waals surface area contributed by atoms with Gasteiger partial charge in [0.15, 0.2) is 0 Å². The number of cyclic esters (lactones) is 1. The smallest absolute Gasteiger partial charge is 0.331 e. The molecule has 0 aromatic heterocycles. The van der Waals surface area contributed by atoms with E-state index in [0.717, 1.165) is 0 Å². The number of amides is 4. The first kappa shape index (κ1) is 27.8. The topological polar surface area (TPSA) is 143 Å². The highest BCUT2D eigenvalue weighted by Crippen LogP contribution is 2.21. The lowest BCUT2D eigenvalue weighted by molar-refractivity contribution is -0.154. The van der Waals surface area contributed by atoms with E-state index in [1.165, 1.54) is 55.4 Å². The van der Waals surface area contributed by atoms with Gasteiger partial charge in [-0.15, -0.1) is 0 Å². The maximum Gasteiger partial charge on any atom is 0.331 e. The molecule has 4 N–H and O–H groups in total. The van der Waals surface area contributed by atoms with Crippen molar-refractivity contribution < 1.29 is 28.7 Å². The zero-order valence-electron chi connectivity index (χ0n) is 21.6. The average molecular weight is 489 g/mol. The van der Waals surface area contributed by atoms with E-state index in [0.29, 0.717) is 5.56 Å². The standard InChI is InChI=1S/C25H36N4O6/c1-22(2)18(31)27-23(3,4)19(32)28-24(5,6)20(33)29-25(7,8)21(34)35-14-16(17(30)26-22)15-12-10-9-11-13-15/h9-13,16H,14H2,1-8H3,(H,26,30)(H,27,31)(H,28,32)(H,29,33). The van der Waals surface area contributed by atoms with Crippen molar-refractivity contribution in [3.63, 3.8) is 0 Å². The summed E-state index contributed by atoms with van der Waals surface area (Å²) in [6.45, 7) is 11.6. The molecule has 1 atom stereocenters. The number of esters is 1. The van der Waals surface area contributed by atoms with Crippen LogP contribution in [0.5, 0.6) is 0 Å². The van der Waals surface area contributed by atoms with Crippen LogP contribution in [0.3, 0.4) is 0 Å². The van der Waals surface area contributed by atoms with Crippen LogP contribution in [-0.4, -0.2) is 58.4 Å². The van der Waals surface area contributed by atoms with Crippen molar-refractivity contribution in [3.05, 3.63) is 35.9 Å². The second kappa shape index (κ2) is 9.67. The fourth-order valence-electron chi connectivity index (χ4n) is 3.28. The summed E-state index contributed by atoms with van der Waals surface area (Å²) < 4.78 is 5.46. The number of carbonyl (C=O) groups excluding carboxylic acids is 5. The fraction of sp³-hybridized carbons (Fsp3) is 0.560. The van der Waals surface area contributed by atoms with Crippen LogP contribution in [0, 0.1) is 0 Å². The molecule has 4 amide bonds. The second-order valence-electron chi connectivity index (χ2n) is 10.9. The number of hydrogen-bond acceptors (Lipinski definition) is 6. The van der Waals surface area contributed by atoms with Crippen LogP contribution in [0.4, 0.5) is 0 Å². The summed E-state index contributed by atoms with van der Waals surface area (Å²) in [4.78, 5) is 65.2. The van der Waals surface area contributed by atoms with Gasteiger partial charge in [0.2, 0.25) is 23.6 Å². The Morgan fingerprint density at radius 1 is 0.629 bits per heavy atom. The van der Waals surface area contributed by atoms with Crippen LogP contribution in [0.1, 0.15) is 66.9 Å². The number of ether oxygens (including phenoxy) is 1. The zero-order valence-corrected chi connectivity index (χ0v) is 21.6. The molecule has 2 rings (SSSR count). The lowest BCUT2D eigenvalue weighted by Gasteiger charge is -2.36. The number of nitrogens with one attached hydrogen (secondary N) is 4. The first-order valence-electron chi connectivity index (χ1n) is 11.4. The van der Waals surface area contributed by atoms with Crippen LogP contribution in [0.15, 0.2) is 30.3 Å². The molecule has 1 aromatic carbocycles. The van der Waals surface area contributed by atoms with Crippen LogP contribution in [0.25, 0.3) is 0 Å². The summed E-state index contributed by atoms with van der Waals surface area (Å²) in [5.74, 6) is -4.07. The molecule has 1 aromatic rings. The molecule has 35 heavy (non-hydrogen) atoms. The van der Waals surface area contributed by atoms with Gasteiger partial charge in [0, 0.05) is 0 Å². The third-order valence-corrected chi connectivity index (χ3v) is 5.83. The molecule has 0 aliphatic carbocycles. The fourth-order valence-corrected chi connectivity index (χ4v) is 3.28. The molecule has 10 heteroatoms. The number of benzene rings is 1. The van der Waals surface area contributed by atoms with Crippen LogP contribution in [0.2, 0.25) is 0 Å². The molecule has 1 heterocycles. The lowest BCUT2D eigenvalue weighted by Crippen LogP contribution is -2.67. The van der Waals surface area contributed by atoms with Crippen molar-refractivity contribution in [2.75, 3.05) is 6.61 Å². The Balaban J connectivity index is 2.51. The summed E-state index contributed by atoms with van der Waals surface area (Å²) in [7, 11) is 0. The molecular formula is C25H36N4O6. The van der Waals surface area contributed by atoms with Crippen LogP contribution in [-0.2, 0) is 28.7 Å². The van der Waals surface area contributed by atoms with Gasteiger partial charge in [0.25, 0.3) is 0 Å². The molecule has 1 unspecified atom stereocenters. The highest BCUT2D eigenvalue weighted by Gasteiger charge is 2.43. The third-order valence-electron chi connectivity index (χ3n) is 5.83. The average Bonchev–Trinajstić information content (AvgIpc) is 2.72. The first-order valence-corrected chi connectivity index (χ1v) is 11.4. The molecule has 0 radical (unpaired) electrons. The summed E-state index contributed by atoms with van der Waals surface area (Å²) >= 11 is 0. The first-order chi connectivity index (χ1) is 15.9. The van der Waals surface area contributed by atoms with Crippen molar-refractivity contribution in [2.24, 2.45) is 0 Å². The Bertz CT molecular complexity index is 1010. The van der Waals surface area contributed by atoms with E-state index in [1.807, 2.05) is 0 Å². The third kappa shape index (κ3) is 6.58. The Morgan fingerprint density at radius 2 is 1.03 bits per heavy atom. The summed E-state index contributed by atoms with van der Waals surface area (Å²) in [5, 5.41) is 10.6. The Labute approximate surface area is 205 Å². The van der Waals surface area contributed by atoms with Gasteiger partial charge in [-0.1, -0.05) is 30.3 Å². The quantitative estimate of drug-likeness (QED) is 0.433. The van der Waals surface area contributed by atoms with Gasteiger partial charge in [-0.05, 0) is 61.0 Å². The highest BCUT2D eigenvalue weighted by atomic mass is 16.5. The van der Waals surface area contributed by atoms with Gasteiger partial charge in [0.1, 0.15) is 28.8 Å². The van der Waals surface area contributed by atoms with Crippen LogP contribution < -0.4 is 21.3 Å². The van der Waals surface area contributed by atoms with Gasteiger partial charge < -0.3 is 26.0 Å². The Hall–Kier alpha value is -3.43. The van der Waals surface area contributed by atoms with E-state index in [4.69, 9.17) is 4.74 Å². The van der Waals surface area contributed by atoms with Crippen LogP contribution >= 0.6 is 0 Å². The number of hydrogen-bond donors (Lipinski definition) is 4. The number of rotatable bonds is 1. The van der Waals surface area contributed by atoms with Crippen molar-refractivity contribution in [1.29, 1.82) is 0 Å². The lowest BCUT2D eigenvalue weighted by atomic mass is 9.93. The normalized spacial score (nSPS) is 24.8. The molecule has 1 fully saturated rings. The molecule has 10 nitrogen and oxygen atoms in total. The van der Waals surface area contributed by atoms with E-state index in [-0.39, 0.29) is 6.61 Å². The molecular weight excluding hydrogens is 452 g/mol. The molecule has 1 saturated heterocycles. The van der Waals surface area contributed by atoms with Gasteiger partial charge >= 0.3 is 5.97 Å². The van der Waals surface area contributed by atoms with E-state index in [9.17, 15) is 24.0 Å². The van der Waals surface area contributed by atoms with Gasteiger partial charge in [-0.3, -0.25) is 19.2 Å². The minimum atomic E-state index is -1.45. The molecule has 1 aliphatic heterocycles. The molecule has 0 saturated carbocycles. The van der Waals surface area contributed by atoms with Gasteiger partial charge in [0.05, 0.1) is 5.92 Å². The van der Waals surface area contributed by atoms with E-state index >= 15 is 0 Å². The zero-order chi connectivity index (χ0) is 26.8. The highest BCUT2D eigenvalue weighted by molar-refractivity contribution is 6.00. The SMILES string of the molecule is CC1(C)NC(=O)C(c2ccccc2)COC(=O)C(C)(C)NC(=O)C(C)(C)NC(=O)C(C)(C)NC1=O.